The molecule has 1 aromatic rings. The molecule has 0 spiro atoms. The molecule has 0 saturated carbocycles. The zero-order valence-electron chi connectivity index (χ0n) is 9.46. The van der Waals surface area contributed by atoms with E-state index in [0.717, 1.165) is 31.6 Å². The highest BCUT2D eigenvalue weighted by Gasteiger charge is 2.08. The highest BCUT2D eigenvalue weighted by Crippen LogP contribution is 2.24. The maximum Gasteiger partial charge on any atom is 0.125 e. The van der Waals surface area contributed by atoms with E-state index >= 15 is 0 Å². The van der Waals surface area contributed by atoms with Crippen LogP contribution in [0.5, 0.6) is 0 Å². The number of hydrogen-bond acceptors (Lipinski definition) is 2. The van der Waals surface area contributed by atoms with Gasteiger partial charge in [0.15, 0.2) is 0 Å². The van der Waals surface area contributed by atoms with Crippen LogP contribution < -0.4 is 10.6 Å². The van der Waals surface area contributed by atoms with Gasteiger partial charge in [-0.15, -0.1) is 0 Å². The molecule has 0 aliphatic heterocycles. The van der Waals surface area contributed by atoms with Crippen LogP contribution in [0.3, 0.4) is 0 Å². The number of nitrogen functional groups attached to an aromatic ring is 1. The minimum atomic E-state index is -0.226. The molecule has 1 aromatic carbocycles. The van der Waals surface area contributed by atoms with Gasteiger partial charge in [-0.25, -0.2) is 4.39 Å². The summed E-state index contributed by atoms with van der Waals surface area (Å²) >= 11 is 0. The van der Waals surface area contributed by atoms with E-state index in [1.165, 1.54) is 12.1 Å². The van der Waals surface area contributed by atoms with Crippen LogP contribution in [0.4, 0.5) is 15.8 Å². The van der Waals surface area contributed by atoms with Gasteiger partial charge < -0.3 is 10.6 Å². The van der Waals surface area contributed by atoms with Crippen LogP contribution in [0.15, 0.2) is 18.2 Å². The molecule has 0 aromatic heterocycles. The monoisotopic (exact) mass is 210 g/mol. The van der Waals surface area contributed by atoms with Gasteiger partial charge in [-0.2, -0.15) is 0 Å². The summed E-state index contributed by atoms with van der Waals surface area (Å²) in [6, 6.07) is 4.54. The summed E-state index contributed by atoms with van der Waals surface area (Å²) in [5.74, 6) is -0.226. The largest absolute Gasteiger partial charge is 0.397 e. The molecule has 0 aliphatic carbocycles. The Labute approximate surface area is 90.9 Å². The fourth-order valence-corrected chi connectivity index (χ4v) is 1.68. The third-order valence-electron chi connectivity index (χ3n) is 2.32. The van der Waals surface area contributed by atoms with E-state index in [4.69, 9.17) is 5.73 Å². The molecule has 2 nitrogen and oxygen atoms in total. The van der Waals surface area contributed by atoms with Gasteiger partial charge in [0.2, 0.25) is 0 Å². The van der Waals surface area contributed by atoms with Crippen molar-refractivity contribution >= 4 is 11.4 Å². The smallest absolute Gasteiger partial charge is 0.125 e. The Hall–Kier alpha value is -1.25. The van der Waals surface area contributed by atoms with E-state index in [0.29, 0.717) is 5.69 Å². The number of halogens is 1. The van der Waals surface area contributed by atoms with Crippen molar-refractivity contribution in [1.82, 2.24) is 0 Å². The molecule has 84 valence electrons. The first kappa shape index (κ1) is 11.8. The number of anilines is 2. The van der Waals surface area contributed by atoms with Crippen LogP contribution in [0.2, 0.25) is 0 Å². The van der Waals surface area contributed by atoms with E-state index < -0.39 is 0 Å². The molecule has 0 atom stereocenters. The molecule has 15 heavy (non-hydrogen) atoms. The molecule has 1 rings (SSSR count). The third-order valence-corrected chi connectivity index (χ3v) is 2.32. The lowest BCUT2D eigenvalue weighted by atomic mass is 10.2. The number of hydrogen-bond donors (Lipinski definition) is 1. The molecule has 0 saturated heterocycles. The lowest BCUT2D eigenvalue weighted by molar-refractivity contribution is 0.626. The van der Waals surface area contributed by atoms with Crippen molar-refractivity contribution < 1.29 is 4.39 Å². The van der Waals surface area contributed by atoms with Crippen LogP contribution in [-0.2, 0) is 0 Å². The molecule has 0 bridgehead atoms. The zero-order chi connectivity index (χ0) is 11.3. The fourth-order valence-electron chi connectivity index (χ4n) is 1.68. The van der Waals surface area contributed by atoms with Crippen molar-refractivity contribution in [2.75, 3.05) is 23.7 Å². The van der Waals surface area contributed by atoms with Gasteiger partial charge in [-0.05, 0) is 31.0 Å². The second kappa shape index (κ2) is 5.59. The van der Waals surface area contributed by atoms with Crippen LogP contribution in [0.1, 0.15) is 26.7 Å². The van der Waals surface area contributed by atoms with E-state index in [-0.39, 0.29) is 5.82 Å². The molecule has 0 unspecified atom stereocenters. The van der Waals surface area contributed by atoms with Gasteiger partial charge in [-0.1, -0.05) is 13.8 Å². The zero-order valence-corrected chi connectivity index (χ0v) is 9.46. The second-order valence-corrected chi connectivity index (χ2v) is 3.69. The Morgan fingerprint density at radius 3 is 2.33 bits per heavy atom. The van der Waals surface area contributed by atoms with E-state index in [2.05, 4.69) is 18.7 Å². The van der Waals surface area contributed by atoms with Crippen molar-refractivity contribution in [1.29, 1.82) is 0 Å². The highest BCUT2D eigenvalue weighted by molar-refractivity contribution is 5.67. The summed E-state index contributed by atoms with van der Waals surface area (Å²) in [5.41, 5.74) is 7.31. The van der Waals surface area contributed by atoms with Crippen molar-refractivity contribution in [2.24, 2.45) is 0 Å². The Bertz CT molecular complexity index is 306. The summed E-state index contributed by atoms with van der Waals surface area (Å²) in [4.78, 5) is 2.14. The number of nitrogens with two attached hydrogens (primary N) is 1. The van der Waals surface area contributed by atoms with Crippen molar-refractivity contribution in [3.63, 3.8) is 0 Å². The molecule has 0 heterocycles. The van der Waals surface area contributed by atoms with Crippen molar-refractivity contribution in [3.05, 3.63) is 24.0 Å². The first-order valence-electron chi connectivity index (χ1n) is 5.49. The number of nitrogens with zero attached hydrogens (tertiary/aromatic N) is 1. The molecule has 3 heteroatoms. The predicted molar refractivity (Wildman–Crippen MR) is 63.6 cm³/mol. The standard InChI is InChI=1S/C12H19FN2/c1-3-7-15(8-4-2)12-9-10(13)5-6-11(12)14/h5-6,9H,3-4,7-8,14H2,1-2H3. The molecule has 0 amide bonds. The molecule has 0 aliphatic rings. The Balaban J connectivity index is 2.93. The van der Waals surface area contributed by atoms with Gasteiger partial charge in [0, 0.05) is 13.1 Å². The highest BCUT2D eigenvalue weighted by atomic mass is 19.1. The minimum Gasteiger partial charge on any atom is -0.397 e. The van der Waals surface area contributed by atoms with Crippen LogP contribution in [-0.4, -0.2) is 13.1 Å². The summed E-state index contributed by atoms with van der Waals surface area (Å²) in [7, 11) is 0. The minimum absolute atomic E-state index is 0.226. The topological polar surface area (TPSA) is 29.3 Å². The van der Waals surface area contributed by atoms with Crippen molar-refractivity contribution in [3.8, 4) is 0 Å². The van der Waals surface area contributed by atoms with Gasteiger partial charge in [0.05, 0.1) is 11.4 Å². The van der Waals surface area contributed by atoms with Gasteiger partial charge >= 0.3 is 0 Å². The third kappa shape index (κ3) is 3.11. The first-order chi connectivity index (χ1) is 7.19. The second-order valence-electron chi connectivity index (χ2n) is 3.69. The van der Waals surface area contributed by atoms with Gasteiger partial charge in [-0.3, -0.25) is 0 Å². The predicted octanol–water partition coefficient (Wildman–Crippen LogP) is 3.03. The number of benzene rings is 1. The number of rotatable bonds is 5. The summed E-state index contributed by atoms with van der Waals surface area (Å²) in [6.45, 7) is 6.05. The molecular weight excluding hydrogens is 191 g/mol. The van der Waals surface area contributed by atoms with Crippen LogP contribution >= 0.6 is 0 Å². The fraction of sp³-hybridized carbons (Fsp3) is 0.500. The van der Waals surface area contributed by atoms with E-state index in [1.807, 2.05) is 0 Å². The normalized spacial score (nSPS) is 10.3. The van der Waals surface area contributed by atoms with E-state index in [1.54, 1.807) is 6.07 Å². The first-order valence-corrected chi connectivity index (χ1v) is 5.49. The van der Waals surface area contributed by atoms with Crippen molar-refractivity contribution in [2.45, 2.75) is 26.7 Å². The Kier molecular flexibility index (Phi) is 4.40. The van der Waals surface area contributed by atoms with Gasteiger partial charge in [0.25, 0.3) is 0 Å². The Morgan fingerprint density at radius 1 is 1.20 bits per heavy atom. The summed E-state index contributed by atoms with van der Waals surface area (Å²) < 4.78 is 13.1. The maximum atomic E-state index is 13.1. The summed E-state index contributed by atoms with van der Waals surface area (Å²) in [6.07, 6.45) is 2.08. The lowest BCUT2D eigenvalue weighted by Crippen LogP contribution is -2.25. The summed E-state index contributed by atoms with van der Waals surface area (Å²) in [5, 5.41) is 0. The molecule has 2 N–H and O–H groups in total. The average molecular weight is 210 g/mol. The van der Waals surface area contributed by atoms with Crippen LogP contribution in [0, 0.1) is 5.82 Å². The molecule has 0 radical (unpaired) electrons. The van der Waals surface area contributed by atoms with Gasteiger partial charge in [0.1, 0.15) is 5.82 Å². The maximum absolute atomic E-state index is 13.1. The Morgan fingerprint density at radius 2 is 1.80 bits per heavy atom. The van der Waals surface area contributed by atoms with Crippen LogP contribution in [0.25, 0.3) is 0 Å². The molecular formula is C12H19FN2. The molecule has 0 fully saturated rings. The average Bonchev–Trinajstić information content (AvgIpc) is 2.21. The quantitative estimate of drug-likeness (QED) is 0.757. The SMILES string of the molecule is CCCN(CCC)c1cc(F)ccc1N. The van der Waals surface area contributed by atoms with E-state index in [9.17, 15) is 4.39 Å². The lowest BCUT2D eigenvalue weighted by Gasteiger charge is -2.25.